The van der Waals surface area contributed by atoms with Crippen molar-refractivity contribution in [3.8, 4) is 0 Å². The van der Waals surface area contributed by atoms with Gasteiger partial charge in [-0.2, -0.15) is 0 Å². The Labute approximate surface area is 187 Å². The summed E-state index contributed by atoms with van der Waals surface area (Å²) in [6.07, 6.45) is 1.07. The molecule has 0 unspecified atom stereocenters. The van der Waals surface area contributed by atoms with Gasteiger partial charge in [-0.25, -0.2) is 0 Å². The second-order valence-electron chi connectivity index (χ2n) is 8.20. The molecule has 4 aromatic rings. The molecule has 0 aliphatic rings. The summed E-state index contributed by atoms with van der Waals surface area (Å²) in [5, 5.41) is 8.20. The summed E-state index contributed by atoms with van der Waals surface area (Å²) in [6, 6.07) is 44.8. The van der Waals surface area contributed by atoms with Gasteiger partial charge in [-0.1, -0.05) is 84.9 Å². The molecule has 0 radical (unpaired) electrons. The average Bonchev–Trinajstić information content (AvgIpc) is 2.85. The third-order valence-corrected chi connectivity index (χ3v) is 10.6. The molecule has 2 atom stereocenters. The highest BCUT2D eigenvalue weighted by Crippen LogP contribution is 2.55. The van der Waals surface area contributed by atoms with Gasteiger partial charge in [0, 0.05) is 12.1 Å². The third kappa shape index (κ3) is 4.79. The third-order valence-electron chi connectivity index (χ3n) is 5.97. The average molecular weight is 425 g/mol. The van der Waals surface area contributed by atoms with Gasteiger partial charge in [0.1, 0.15) is 23.2 Å². The molecule has 0 aliphatic carbocycles. The SMILES string of the molecule is C[C@H](N[C@@H](C)C[P+](c1ccccc1)(c1ccccc1)c1ccccc1)c1ccccc1. The van der Waals surface area contributed by atoms with E-state index in [0.29, 0.717) is 12.1 Å². The maximum atomic E-state index is 3.89. The van der Waals surface area contributed by atoms with Crippen molar-refractivity contribution >= 4 is 23.2 Å². The highest BCUT2D eigenvalue weighted by atomic mass is 31.2. The minimum absolute atomic E-state index is 0.306. The first-order valence-electron chi connectivity index (χ1n) is 11.1. The van der Waals surface area contributed by atoms with E-state index in [1.807, 2.05) is 0 Å². The molecule has 2 heteroatoms. The fraction of sp³-hybridized carbons (Fsp3) is 0.172. The zero-order valence-corrected chi connectivity index (χ0v) is 19.3. The lowest BCUT2D eigenvalue weighted by Gasteiger charge is -2.31. The highest BCUT2D eigenvalue weighted by Gasteiger charge is 2.46. The van der Waals surface area contributed by atoms with Crippen molar-refractivity contribution < 1.29 is 0 Å². The Bertz CT molecular complexity index is 952. The standard InChI is InChI=1S/C29H31NP/c1-24(30-25(2)26-15-7-3-8-16-26)23-31(27-17-9-4-10-18-27,28-19-11-5-12-20-28)29-21-13-6-14-22-29/h3-22,24-25,30H,23H2,1-2H3/q+1/t24-,25-/m0/s1. The quantitative estimate of drug-likeness (QED) is 0.357. The molecule has 4 rings (SSSR count). The van der Waals surface area contributed by atoms with Crippen molar-refractivity contribution in [3.63, 3.8) is 0 Å². The van der Waals surface area contributed by atoms with Crippen LogP contribution in [0.4, 0.5) is 0 Å². The van der Waals surface area contributed by atoms with E-state index in [1.54, 1.807) is 0 Å². The van der Waals surface area contributed by atoms with Crippen LogP contribution in [0.25, 0.3) is 0 Å². The van der Waals surface area contributed by atoms with E-state index in [2.05, 4.69) is 140 Å². The molecule has 0 fully saturated rings. The van der Waals surface area contributed by atoms with E-state index in [1.165, 1.54) is 21.5 Å². The van der Waals surface area contributed by atoms with Crippen molar-refractivity contribution in [1.82, 2.24) is 5.32 Å². The summed E-state index contributed by atoms with van der Waals surface area (Å²) < 4.78 is 0. The summed E-state index contributed by atoms with van der Waals surface area (Å²) >= 11 is 0. The van der Waals surface area contributed by atoms with Crippen molar-refractivity contribution in [1.29, 1.82) is 0 Å². The first-order valence-corrected chi connectivity index (χ1v) is 13.0. The molecule has 0 aliphatic heterocycles. The summed E-state index contributed by atoms with van der Waals surface area (Å²) in [4.78, 5) is 0. The van der Waals surface area contributed by atoms with Crippen LogP contribution in [0.5, 0.6) is 0 Å². The maximum absolute atomic E-state index is 3.89. The van der Waals surface area contributed by atoms with Gasteiger partial charge in [0.15, 0.2) is 0 Å². The molecule has 156 valence electrons. The van der Waals surface area contributed by atoms with Crippen molar-refractivity contribution in [2.75, 3.05) is 6.16 Å². The lowest BCUT2D eigenvalue weighted by molar-refractivity contribution is 0.510. The molecule has 0 saturated carbocycles. The van der Waals surface area contributed by atoms with Crippen molar-refractivity contribution in [3.05, 3.63) is 127 Å². The van der Waals surface area contributed by atoms with Crippen LogP contribution in [0.1, 0.15) is 25.5 Å². The summed E-state index contributed by atoms with van der Waals surface area (Å²) in [5.41, 5.74) is 1.33. The molecule has 0 bridgehead atoms. The first kappa shape index (κ1) is 21.5. The Morgan fingerprint density at radius 2 is 0.903 bits per heavy atom. The van der Waals surface area contributed by atoms with Crippen LogP contribution in [0.15, 0.2) is 121 Å². The Kier molecular flexibility index (Phi) is 6.97. The van der Waals surface area contributed by atoms with E-state index >= 15 is 0 Å². The van der Waals surface area contributed by atoms with E-state index in [0.717, 1.165) is 6.16 Å². The second kappa shape index (κ2) is 10.1. The molecule has 31 heavy (non-hydrogen) atoms. The monoisotopic (exact) mass is 424 g/mol. The Hall–Kier alpha value is -2.73. The summed E-state index contributed by atoms with van der Waals surface area (Å²) in [6.45, 7) is 4.60. The first-order chi connectivity index (χ1) is 15.2. The van der Waals surface area contributed by atoms with E-state index < -0.39 is 7.26 Å². The Morgan fingerprint density at radius 3 is 1.29 bits per heavy atom. The molecule has 4 aromatic carbocycles. The van der Waals surface area contributed by atoms with Gasteiger partial charge in [-0.15, -0.1) is 0 Å². The van der Waals surface area contributed by atoms with Crippen LogP contribution in [0, 0.1) is 0 Å². The Balaban J connectivity index is 1.77. The van der Waals surface area contributed by atoms with Gasteiger partial charge in [0.05, 0.1) is 6.16 Å². The van der Waals surface area contributed by atoms with Gasteiger partial charge in [-0.05, 0) is 55.8 Å². The predicted molar refractivity (Wildman–Crippen MR) is 137 cm³/mol. The largest absolute Gasteiger partial charge is 0.304 e. The topological polar surface area (TPSA) is 12.0 Å². The van der Waals surface area contributed by atoms with Gasteiger partial charge < -0.3 is 5.32 Å². The van der Waals surface area contributed by atoms with Crippen LogP contribution in [-0.4, -0.2) is 12.2 Å². The van der Waals surface area contributed by atoms with Gasteiger partial charge >= 0.3 is 0 Å². The number of benzene rings is 4. The number of rotatable bonds is 8. The number of nitrogens with one attached hydrogen (secondary N) is 1. The molecule has 1 N–H and O–H groups in total. The number of hydrogen-bond acceptors (Lipinski definition) is 1. The smallest absolute Gasteiger partial charge is 0.113 e. The number of hydrogen-bond donors (Lipinski definition) is 1. The molecule has 0 aromatic heterocycles. The van der Waals surface area contributed by atoms with Crippen LogP contribution < -0.4 is 21.2 Å². The normalized spacial score (nSPS) is 13.5. The minimum Gasteiger partial charge on any atom is -0.304 e. The maximum Gasteiger partial charge on any atom is 0.113 e. The zero-order valence-electron chi connectivity index (χ0n) is 18.4. The van der Waals surface area contributed by atoms with Gasteiger partial charge in [0.25, 0.3) is 0 Å². The van der Waals surface area contributed by atoms with Crippen molar-refractivity contribution in [2.45, 2.75) is 25.9 Å². The molecule has 0 heterocycles. The fourth-order valence-corrected chi connectivity index (χ4v) is 9.04. The van der Waals surface area contributed by atoms with Gasteiger partial charge in [-0.3, -0.25) is 0 Å². The minimum atomic E-state index is -1.82. The Morgan fingerprint density at radius 1 is 0.548 bits per heavy atom. The summed E-state index contributed by atoms with van der Waals surface area (Å²) in [5.74, 6) is 0. The molecule has 0 amide bonds. The van der Waals surface area contributed by atoms with Crippen LogP contribution in [-0.2, 0) is 0 Å². The van der Waals surface area contributed by atoms with Crippen LogP contribution in [0.3, 0.4) is 0 Å². The molecular formula is C29H31NP+. The second-order valence-corrected chi connectivity index (χ2v) is 11.7. The zero-order chi connectivity index (χ0) is 21.5. The highest BCUT2D eigenvalue weighted by molar-refractivity contribution is 7.95. The molecule has 0 saturated heterocycles. The predicted octanol–water partition coefficient (Wildman–Crippen LogP) is 5.72. The van der Waals surface area contributed by atoms with Gasteiger partial charge in [0.2, 0.25) is 0 Å². The lowest BCUT2D eigenvalue weighted by Crippen LogP contribution is -2.41. The molecule has 1 nitrogen and oxygen atoms in total. The fourth-order valence-electron chi connectivity index (χ4n) is 4.54. The molecule has 0 spiro atoms. The van der Waals surface area contributed by atoms with Crippen LogP contribution in [0.2, 0.25) is 0 Å². The van der Waals surface area contributed by atoms with E-state index in [-0.39, 0.29) is 0 Å². The summed E-state index contributed by atoms with van der Waals surface area (Å²) in [7, 11) is -1.82. The van der Waals surface area contributed by atoms with Crippen molar-refractivity contribution in [2.24, 2.45) is 0 Å². The lowest BCUT2D eigenvalue weighted by atomic mass is 10.1. The van der Waals surface area contributed by atoms with E-state index in [9.17, 15) is 0 Å². The molecular weight excluding hydrogens is 393 g/mol. The van der Waals surface area contributed by atoms with E-state index in [4.69, 9.17) is 0 Å². The van der Waals surface area contributed by atoms with Crippen LogP contribution >= 0.6 is 7.26 Å².